The van der Waals surface area contributed by atoms with Crippen LogP contribution in [0.1, 0.15) is 29.5 Å². The predicted molar refractivity (Wildman–Crippen MR) is 231 cm³/mol. The van der Waals surface area contributed by atoms with E-state index in [1.165, 1.54) is 120 Å². The molecule has 0 saturated heterocycles. The van der Waals surface area contributed by atoms with E-state index in [9.17, 15) is 0 Å². The van der Waals surface area contributed by atoms with Crippen LogP contribution in [0.15, 0.2) is 152 Å². The molecule has 0 unspecified atom stereocenters. The Morgan fingerprint density at radius 2 is 0.870 bits per heavy atom. The Morgan fingerprint density at radius 1 is 0.333 bits per heavy atom. The van der Waals surface area contributed by atoms with E-state index in [4.69, 9.17) is 0 Å². The first-order valence-corrected chi connectivity index (χ1v) is 19.5. The molecule has 250 valence electrons. The third-order valence-electron chi connectivity index (χ3n) is 13.1. The van der Waals surface area contributed by atoms with Crippen LogP contribution >= 0.6 is 0 Å². The molecule has 54 heavy (non-hydrogen) atoms. The minimum absolute atomic E-state index is 1.08. The first-order valence-electron chi connectivity index (χ1n) is 19.5. The molecule has 0 atom stereocenters. The van der Waals surface area contributed by atoms with Crippen LogP contribution in [-0.2, 0) is 12.8 Å². The molecule has 0 bridgehead atoms. The zero-order chi connectivity index (χ0) is 35.1. The highest BCUT2D eigenvalue weighted by Gasteiger charge is 2.31. The van der Waals surface area contributed by atoms with Gasteiger partial charge < -0.3 is 0 Å². The summed E-state index contributed by atoms with van der Waals surface area (Å²) in [5.74, 6) is 0. The van der Waals surface area contributed by atoms with Crippen molar-refractivity contribution >= 4 is 76.3 Å². The molecule has 0 fully saturated rings. The molecule has 0 amide bonds. The van der Waals surface area contributed by atoms with Crippen molar-refractivity contribution in [1.82, 2.24) is 0 Å². The number of benzene rings is 10. The third-order valence-corrected chi connectivity index (χ3v) is 13.1. The summed E-state index contributed by atoms with van der Waals surface area (Å²) in [5.41, 5.74) is 14.2. The van der Waals surface area contributed by atoms with Crippen molar-refractivity contribution in [3.05, 3.63) is 179 Å². The van der Waals surface area contributed by atoms with Crippen molar-refractivity contribution in [3.8, 4) is 33.4 Å². The average molecular weight is 683 g/mol. The Balaban J connectivity index is 1.27. The monoisotopic (exact) mass is 682 g/mol. The normalized spacial score (nSPS) is 14.1. The van der Waals surface area contributed by atoms with E-state index in [-0.39, 0.29) is 0 Å². The molecular weight excluding hydrogens is 649 g/mol. The maximum absolute atomic E-state index is 2.60. The quantitative estimate of drug-likeness (QED) is 0.126. The van der Waals surface area contributed by atoms with Crippen molar-refractivity contribution in [1.29, 1.82) is 0 Å². The molecule has 0 heteroatoms. The molecule has 0 heterocycles. The number of rotatable bonds is 2. The maximum Gasteiger partial charge on any atom is -0.000763 e. The first-order chi connectivity index (χ1) is 26.8. The van der Waals surface area contributed by atoms with Gasteiger partial charge in [-0.3, -0.25) is 0 Å². The summed E-state index contributed by atoms with van der Waals surface area (Å²) in [5, 5.41) is 19.4. The Morgan fingerprint density at radius 3 is 1.54 bits per heavy atom. The summed E-state index contributed by atoms with van der Waals surface area (Å²) in [6.07, 6.45) is 6.91. The van der Waals surface area contributed by atoms with Crippen LogP contribution in [0.25, 0.3) is 110 Å². The van der Waals surface area contributed by atoms with Gasteiger partial charge in [-0.15, -0.1) is 0 Å². The van der Waals surface area contributed by atoms with Crippen molar-refractivity contribution in [2.45, 2.75) is 25.7 Å². The Hall–Kier alpha value is -6.50. The molecule has 0 saturated carbocycles. The summed E-state index contributed by atoms with van der Waals surface area (Å²) >= 11 is 0. The van der Waals surface area contributed by atoms with Crippen molar-refractivity contribution in [2.75, 3.05) is 0 Å². The summed E-state index contributed by atoms with van der Waals surface area (Å²) < 4.78 is 0. The second-order valence-corrected chi connectivity index (χ2v) is 15.6. The lowest BCUT2D eigenvalue weighted by Crippen LogP contribution is -2.19. The van der Waals surface area contributed by atoms with Crippen LogP contribution in [0.3, 0.4) is 0 Å². The molecule has 0 aromatic heterocycles. The molecule has 0 radical (unpaired) electrons. The lowest BCUT2D eigenvalue weighted by molar-refractivity contribution is 0.949. The molecule has 10 aromatic rings. The standard InChI is InChI=1S/C54H34/c1-3-13-32(14-4-1)49-46-29-44-42-27-25-40-38-23-11-17-31-18-12-24-39(48(31)38)41-26-28-43(52(42)51(40)41)45(44)30-47(46)50(33-15-5-2-6-16-33)54-37-22-10-8-20-35(37)34-19-7-9-21-36(34)53(49)54/h1-11,13-23,25,27,29-30H,12,24,26,28H2. The number of fused-ring (bicyclic) bond motifs is 12. The largest absolute Gasteiger partial charge is 0.0763 e. The summed E-state index contributed by atoms with van der Waals surface area (Å²) in [7, 11) is 0. The molecule has 10 aromatic carbocycles. The molecule has 0 aliphatic heterocycles. The van der Waals surface area contributed by atoms with Crippen LogP contribution in [0.2, 0.25) is 0 Å². The highest BCUT2D eigenvalue weighted by Crippen LogP contribution is 2.52. The summed E-state index contributed by atoms with van der Waals surface area (Å²) in [6.45, 7) is 0. The van der Waals surface area contributed by atoms with E-state index in [0.717, 1.165) is 25.7 Å². The molecule has 3 aliphatic carbocycles. The van der Waals surface area contributed by atoms with Gasteiger partial charge in [0, 0.05) is 0 Å². The van der Waals surface area contributed by atoms with E-state index in [0.29, 0.717) is 0 Å². The van der Waals surface area contributed by atoms with E-state index in [1.54, 1.807) is 11.1 Å². The smallest absolute Gasteiger partial charge is 0.000763 e. The van der Waals surface area contributed by atoms with Gasteiger partial charge in [0.2, 0.25) is 0 Å². The first kappa shape index (κ1) is 29.0. The third kappa shape index (κ3) is 3.63. The number of hydrogen-bond donors (Lipinski definition) is 0. The SMILES string of the molecule is C1=c2cccc3c2c(c2c4c5c(ccc43)-c3cc4c(-c6ccccc6)c6c7ccccc7c7ccccc7c6c(-c6ccccc6)c4cc3C=5CC2)CC1. The lowest BCUT2D eigenvalue weighted by atomic mass is 9.79. The van der Waals surface area contributed by atoms with Gasteiger partial charge >= 0.3 is 0 Å². The van der Waals surface area contributed by atoms with E-state index in [1.807, 2.05) is 0 Å². The van der Waals surface area contributed by atoms with E-state index >= 15 is 0 Å². The average Bonchev–Trinajstić information content (AvgIpc) is 3.56. The van der Waals surface area contributed by atoms with Crippen LogP contribution < -0.4 is 10.4 Å². The van der Waals surface area contributed by atoms with Gasteiger partial charge in [-0.25, -0.2) is 0 Å². The van der Waals surface area contributed by atoms with Crippen LogP contribution in [0, 0.1) is 0 Å². The summed E-state index contributed by atoms with van der Waals surface area (Å²) in [4.78, 5) is 0. The maximum atomic E-state index is 2.60. The van der Waals surface area contributed by atoms with Gasteiger partial charge in [0.05, 0.1) is 0 Å². The Kier molecular flexibility index (Phi) is 5.67. The molecule has 0 spiro atoms. The fourth-order valence-corrected chi connectivity index (χ4v) is 11.1. The van der Waals surface area contributed by atoms with Gasteiger partial charge in [0.1, 0.15) is 0 Å². The Labute approximate surface area is 312 Å². The molecule has 13 rings (SSSR count). The molecular formula is C54H34. The van der Waals surface area contributed by atoms with Gasteiger partial charge in [0.25, 0.3) is 0 Å². The molecule has 0 nitrogen and oxygen atoms in total. The summed E-state index contributed by atoms with van der Waals surface area (Å²) in [6, 6.07) is 57.6. The van der Waals surface area contributed by atoms with Crippen LogP contribution in [0.5, 0.6) is 0 Å². The van der Waals surface area contributed by atoms with Crippen LogP contribution in [0.4, 0.5) is 0 Å². The minimum atomic E-state index is 1.08. The van der Waals surface area contributed by atoms with Gasteiger partial charge in [-0.05, 0) is 169 Å². The second-order valence-electron chi connectivity index (χ2n) is 15.6. The zero-order valence-electron chi connectivity index (χ0n) is 29.8. The Bertz CT molecular complexity index is 3460. The number of aryl methyl sites for hydroxylation is 2. The minimum Gasteiger partial charge on any atom is -0.0763 e. The second kappa shape index (κ2) is 10.6. The van der Waals surface area contributed by atoms with Gasteiger partial charge in [-0.1, -0.05) is 146 Å². The fourth-order valence-electron chi connectivity index (χ4n) is 11.1. The van der Waals surface area contributed by atoms with E-state index < -0.39 is 0 Å². The van der Waals surface area contributed by atoms with Gasteiger partial charge in [-0.2, -0.15) is 0 Å². The van der Waals surface area contributed by atoms with Crippen molar-refractivity contribution < 1.29 is 0 Å². The topological polar surface area (TPSA) is 0 Å². The molecule has 3 aliphatic rings. The number of hydrogen-bond acceptors (Lipinski definition) is 0. The molecule has 0 N–H and O–H groups in total. The van der Waals surface area contributed by atoms with Crippen LogP contribution in [-0.4, -0.2) is 0 Å². The lowest BCUT2D eigenvalue weighted by Gasteiger charge is -2.24. The van der Waals surface area contributed by atoms with E-state index in [2.05, 4.69) is 158 Å². The highest BCUT2D eigenvalue weighted by atomic mass is 14.3. The zero-order valence-corrected chi connectivity index (χ0v) is 29.8. The predicted octanol–water partition coefficient (Wildman–Crippen LogP) is 12.8. The fraction of sp³-hybridized carbons (Fsp3) is 0.0741. The highest BCUT2D eigenvalue weighted by molar-refractivity contribution is 6.37. The van der Waals surface area contributed by atoms with Crippen molar-refractivity contribution in [3.63, 3.8) is 0 Å². The van der Waals surface area contributed by atoms with Crippen molar-refractivity contribution in [2.24, 2.45) is 0 Å². The van der Waals surface area contributed by atoms with Gasteiger partial charge in [0.15, 0.2) is 0 Å².